The molecule has 3 rings (SSSR count). The van der Waals surface area contributed by atoms with Crippen LogP contribution >= 0.6 is 0 Å². The predicted molar refractivity (Wildman–Crippen MR) is 106 cm³/mol. The average molecular weight is 364 g/mol. The molecule has 3 aromatic rings. The van der Waals surface area contributed by atoms with Crippen LogP contribution in [0.3, 0.4) is 0 Å². The number of aromatic nitrogens is 2. The molecule has 138 valence electrons. The number of halogens is 1. The molecule has 0 unspecified atom stereocenters. The maximum Gasteiger partial charge on any atom is 0.249 e. The molecule has 1 aromatic heterocycles. The van der Waals surface area contributed by atoms with Crippen molar-refractivity contribution in [3.8, 4) is 0 Å². The van der Waals surface area contributed by atoms with Crippen LogP contribution in [-0.2, 0) is 11.3 Å². The van der Waals surface area contributed by atoms with Gasteiger partial charge < -0.3 is 10.2 Å². The number of nitrogens with zero attached hydrogens (tertiary/aromatic N) is 3. The number of hydrogen-bond donors (Lipinski definition) is 1. The molecule has 1 heterocycles. The molecule has 0 atom stereocenters. The Bertz CT molecular complexity index is 928. The normalized spacial score (nSPS) is 10.9. The van der Waals surface area contributed by atoms with E-state index in [1.165, 1.54) is 18.2 Å². The Morgan fingerprint density at radius 1 is 1.11 bits per heavy atom. The highest BCUT2D eigenvalue weighted by atomic mass is 19.1. The van der Waals surface area contributed by atoms with Gasteiger partial charge in [-0.2, -0.15) is 5.10 Å². The molecule has 1 amide bonds. The molecule has 5 nitrogen and oxygen atoms in total. The SMILES string of the molecule is CN(C)c1ccc(Cn2nccc2NC(=O)/C=C/c2ccc(F)cc2)cc1. The van der Waals surface area contributed by atoms with Crippen molar-refractivity contribution >= 4 is 23.5 Å². The van der Waals surface area contributed by atoms with Crippen molar-refractivity contribution in [3.63, 3.8) is 0 Å². The Balaban J connectivity index is 1.64. The molecule has 0 bridgehead atoms. The zero-order valence-electron chi connectivity index (χ0n) is 15.3. The third-order valence-corrected chi connectivity index (χ3v) is 4.05. The van der Waals surface area contributed by atoms with Gasteiger partial charge in [-0.25, -0.2) is 9.07 Å². The second-order valence-electron chi connectivity index (χ2n) is 6.31. The van der Waals surface area contributed by atoms with Crippen LogP contribution in [0.5, 0.6) is 0 Å². The van der Waals surface area contributed by atoms with E-state index in [9.17, 15) is 9.18 Å². The summed E-state index contributed by atoms with van der Waals surface area (Å²) in [7, 11) is 3.99. The maximum absolute atomic E-state index is 12.9. The molecule has 2 aromatic carbocycles. The molecule has 1 N–H and O–H groups in total. The molecule has 0 saturated carbocycles. The molecular formula is C21H21FN4O. The number of nitrogens with one attached hydrogen (secondary N) is 1. The summed E-state index contributed by atoms with van der Waals surface area (Å²) in [5.41, 5.74) is 2.96. The third-order valence-electron chi connectivity index (χ3n) is 4.05. The topological polar surface area (TPSA) is 50.2 Å². The van der Waals surface area contributed by atoms with Crippen LogP contribution in [0.25, 0.3) is 6.08 Å². The molecule has 0 saturated heterocycles. The highest BCUT2D eigenvalue weighted by Gasteiger charge is 2.06. The van der Waals surface area contributed by atoms with E-state index in [1.807, 2.05) is 43.3 Å². The first-order chi connectivity index (χ1) is 13.0. The minimum atomic E-state index is -0.306. The fraction of sp³-hybridized carbons (Fsp3) is 0.143. The summed E-state index contributed by atoms with van der Waals surface area (Å²) in [6, 6.07) is 15.8. The van der Waals surface area contributed by atoms with Gasteiger partial charge in [0.1, 0.15) is 11.6 Å². The summed E-state index contributed by atoms with van der Waals surface area (Å²) in [6.07, 6.45) is 4.69. The number of rotatable bonds is 6. The minimum Gasteiger partial charge on any atom is -0.378 e. The van der Waals surface area contributed by atoms with E-state index in [4.69, 9.17) is 0 Å². The third kappa shape index (κ3) is 5.04. The van der Waals surface area contributed by atoms with Gasteiger partial charge in [0, 0.05) is 31.9 Å². The highest BCUT2D eigenvalue weighted by molar-refractivity contribution is 6.01. The van der Waals surface area contributed by atoms with Crippen molar-refractivity contribution in [3.05, 3.63) is 83.8 Å². The lowest BCUT2D eigenvalue weighted by molar-refractivity contribution is -0.111. The Kier molecular flexibility index (Phi) is 5.66. The molecule has 0 radical (unpaired) electrons. The average Bonchev–Trinajstić information content (AvgIpc) is 3.08. The minimum absolute atomic E-state index is 0.274. The number of anilines is 2. The number of benzene rings is 2. The van der Waals surface area contributed by atoms with Crippen molar-refractivity contribution in [1.82, 2.24) is 9.78 Å². The fourth-order valence-corrected chi connectivity index (χ4v) is 2.55. The summed E-state index contributed by atoms with van der Waals surface area (Å²) in [4.78, 5) is 14.2. The van der Waals surface area contributed by atoms with E-state index in [0.717, 1.165) is 16.8 Å². The van der Waals surface area contributed by atoms with Gasteiger partial charge in [-0.3, -0.25) is 4.79 Å². The molecule has 0 aliphatic heterocycles. The van der Waals surface area contributed by atoms with Crippen LogP contribution in [0.1, 0.15) is 11.1 Å². The number of carbonyl (C=O) groups is 1. The quantitative estimate of drug-likeness (QED) is 0.677. The number of carbonyl (C=O) groups excluding carboxylic acids is 1. The van der Waals surface area contributed by atoms with E-state index >= 15 is 0 Å². The van der Waals surface area contributed by atoms with Gasteiger partial charge in [0.25, 0.3) is 0 Å². The second kappa shape index (κ2) is 8.31. The smallest absolute Gasteiger partial charge is 0.249 e. The monoisotopic (exact) mass is 364 g/mol. The Labute approximate surface area is 157 Å². The van der Waals surface area contributed by atoms with E-state index in [0.29, 0.717) is 12.4 Å². The molecule has 0 spiro atoms. The van der Waals surface area contributed by atoms with E-state index < -0.39 is 0 Å². The first kappa shape index (κ1) is 18.4. The van der Waals surface area contributed by atoms with E-state index in [1.54, 1.807) is 35.2 Å². The van der Waals surface area contributed by atoms with Crippen LogP contribution in [0.2, 0.25) is 0 Å². The fourth-order valence-electron chi connectivity index (χ4n) is 2.55. The van der Waals surface area contributed by atoms with Gasteiger partial charge in [0.15, 0.2) is 0 Å². The van der Waals surface area contributed by atoms with Crippen LogP contribution < -0.4 is 10.2 Å². The van der Waals surface area contributed by atoms with Gasteiger partial charge in [0.05, 0.1) is 12.7 Å². The van der Waals surface area contributed by atoms with Crippen molar-refractivity contribution < 1.29 is 9.18 Å². The van der Waals surface area contributed by atoms with Crippen LogP contribution in [0.4, 0.5) is 15.9 Å². The van der Waals surface area contributed by atoms with Crippen LogP contribution in [-0.4, -0.2) is 29.8 Å². The van der Waals surface area contributed by atoms with Crippen LogP contribution in [0.15, 0.2) is 66.9 Å². The summed E-state index contributed by atoms with van der Waals surface area (Å²) in [6.45, 7) is 0.554. The van der Waals surface area contributed by atoms with E-state index in [2.05, 4.69) is 10.4 Å². The van der Waals surface area contributed by atoms with Gasteiger partial charge in [0.2, 0.25) is 5.91 Å². The summed E-state index contributed by atoms with van der Waals surface area (Å²) in [5, 5.41) is 7.09. The van der Waals surface area contributed by atoms with Crippen molar-refractivity contribution in [2.45, 2.75) is 6.54 Å². The van der Waals surface area contributed by atoms with Gasteiger partial charge >= 0.3 is 0 Å². The molecule has 27 heavy (non-hydrogen) atoms. The van der Waals surface area contributed by atoms with Crippen molar-refractivity contribution in [2.24, 2.45) is 0 Å². The lowest BCUT2D eigenvalue weighted by Crippen LogP contribution is -2.14. The molecule has 0 aliphatic carbocycles. The van der Waals surface area contributed by atoms with Crippen molar-refractivity contribution in [2.75, 3.05) is 24.3 Å². The van der Waals surface area contributed by atoms with Gasteiger partial charge in [-0.05, 0) is 41.5 Å². The Hall–Kier alpha value is -3.41. The molecule has 0 fully saturated rings. The molecule has 6 heteroatoms. The van der Waals surface area contributed by atoms with Crippen LogP contribution in [0, 0.1) is 5.82 Å². The van der Waals surface area contributed by atoms with Gasteiger partial charge in [-0.15, -0.1) is 0 Å². The molecular weight excluding hydrogens is 343 g/mol. The first-order valence-corrected chi connectivity index (χ1v) is 8.54. The summed E-state index contributed by atoms with van der Waals surface area (Å²) < 4.78 is 14.6. The zero-order chi connectivity index (χ0) is 19.2. The molecule has 0 aliphatic rings. The number of hydrogen-bond acceptors (Lipinski definition) is 3. The largest absolute Gasteiger partial charge is 0.378 e. The van der Waals surface area contributed by atoms with Crippen molar-refractivity contribution in [1.29, 1.82) is 0 Å². The summed E-state index contributed by atoms with van der Waals surface area (Å²) >= 11 is 0. The Morgan fingerprint density at radius 3 is 2.48 bits per heavy atom. The lowest BCUT2D eigenvalue weighted by Gasteiger charge is -2.13. The summed E-state index contributed by atoms with van der Waals surface area (Å²) in [5.74, 6) is 0.0311. The van der Waals surface area contributed by atoms with Gasteiger partial charge in [-0.1, -0.05) is 24.3 Å². The highest BCUT2D eigenvalue weighted by Crippen LogP contribution is 2.15. The van der Waals surface area contributed by atoms with E-state index in [-0.39, 0.29) is 11.7 Å². The Morgan fingerprint density at radius 2 is 1.81 bits per heavy atom. The number of amides is 1. The maximum atomic E-state index is 12.9. The second-order valence-corrected chi connectivity index (χ2v) is 6.31. The standard InChI is InChI=1S/C21H21FN4O/c1-25(2)19-10-5-17(6-11-19)15-26-20(13-14-23-26)24-21(27)12-7-16-3-8-18(22)9-4-16/h3-14H,15H2,1-2H3,(H,24,27)/b12-7+. The predicted octanol–water partition coefficient (Wildman–Crippen LogP) is 3.79. The lowest BCUT2D eigenvalue weighted by atomic mass is 10.2. The zero-order valence-corrected chi connectivity index (χ0v) is 15.3. The first-order valence-electron chi connectivity index (χ1n) is 8.54.